The molecule has 92 valence electrons. The summed E-state index contributed by atoms with van der Waals surface area (Å²) in [7, 11) is 0. The third-order valence-electron chi connectivity index (χ3n) is 3.69. The molecule has 1 aliphatic carbocycles. The van der Waals surface area contributed by atoms with Crippen molar-refractivity contribution in [2.45, 2.75) is 26.7 Å². The van der Waals surface area contributed by atoms with Gasteiger partial charge in [0.1, 0.15) is 0 Å². The molecule has 1 aromatic carbocycles. The minimum absolute atomic E-state index is 0.530. The zero-order chi connectivity index (χ0) is 12.5. The average Bonchev–Trinajstić information content (AvgIpc) is 2.97. The maximum Gasteiger partial charge on any atom is 0.0352 e. The SMILES string of the molecule is CCC1=CC2C(c3ccccc3)=CC(CC)=C2S1. The van der Waals surface area contributed by atoms with Crippen molar-refractivity contribution in [2.24, 2.45) is 5.92 Å². The van der Waals surface area contributed by atoms with Crippen LogP contribution >= 0.6 is 11.8 Å². The van der Waals surface area contributed by atoms with Crippen LogP contribution in [0.2, 0.25) is 0 Å². The van der Waals surface area contributed by atoms with Crippen molar-refractivity contribution in [3.8, 4) is 0 Å². The van der Waals surface area contributed by atoms with Gasteiger partial charge < -0.3 is 0 Å². The Hall–Kier alpha value is -1.21. The molecule has 0 bridgehead atoms. The van der Waals surface area contributed by atoms with Crippen molar-refractivity contribution in [3.63, 3.8) is 0 Å². The summed E-state index contributed by atoms with van der Waals surface area (Å²) >= 11 is 2.00. The molecule has 0 radical (unpaired) electrons. The quantitative estimate of drug-likeness (QED) is 0.695. The second-order valence-corrected chi connectivity index (χ2v) is 5.94. The van der Waals surface area contributed by atoms with Crippen LogP contribution in [0.15, 0.2) is 57.9 Å². The molecule has 0 spiro atoms. The molecular formula is C17H18S. The summed E-state index contributed by atoms with van der Waals surface area (Å²) in [5, 5.41) is 0. The Balaban J connectivity index is 2.01. The second-order valence-electron chi connectivity index (χ2n) is 4.78. The van der Waals surface area contributed by atoms with E-state index in [9.17, 15) is 0 Å². The van der Waals surface area contributed by atoms with Crippen LogP contribution in [-0.2, 0) is 0 Å². The summed E-state index contributed by atoms with van der Waals surface area (Å²) in [6.45, 7) is 4.51. The Bertz CT molecular complexity index is 546. The number of fused-ring (bicyclic) bond motifs is 1. The lowest BCUT2D eigenvalue weighted by molar-refractivity contribution is 1.06. The van der Waals surface area contributed by atoms with Crippen molar-refractivity contribution in [1.29, 1.82) is 0 Å². The van der Waals surface area contributed by atoms with Gasteiger partial charge in [-0.15, -0.1) is 0 Å². The summed E-state index contributed by atoms with van der Waals surface area (Å²) in [6.07, 6.45) is 7.16. The van der Waals surface area contributed by atoms with Crippen molar-refractivity contribution < 1.29 is 0 Å². The largest absolute Gasteiger partial charge is 0.0980 e. The van der Waals surface area contributed by atoms with Gasteiger partial charge in [-0.25, -0.2) is 0 Å². The fraction of sp³-hybridized carbons (Fsp3) is 0.294. The Kier molecular flexibility index (Phi) is 3.17. The Morgan fingerprint density at radius 3 is 2.50 bits per heavy atom. The minimum Gasteiger partial charge on any atom is -0.0980 e. The Morgan fingerprint density at radius 2 is 1.83 bits per heavy atom. The zero-order valence-electron chi connectivity index (χ0n) is 10.9. The van der Waals surface area contributed by atoms with Crippen LogP contribution in [0.4, 0.5) is 0 Å². The predicted octanol–water partition coefficient (Wildman–Crippen LogP) is 5.40. The van der Waals surface area contributed by atoms with E-state index in [-0.39, 0.29) is 0 Å². The number of benzene rings is 1. The van der Waals surface area contributed by atoms with E-state index in [1.807, 2.05) is 11.8 Å². The van der Waals surface area contributed by atoms with Crippen molar-refractivity contribution in [1.82, 2.24) is 0 Å². The van der Waals surface area contributed by atoms with Crippen LogP contribution in [-0.4, -0.2) is 0 Å². The molecule has 1 heteroatoms. The number of thioether (sulfide) groups is 1. The molecule has 3 rings (SSSR count). The van der Waals surface area contributed by atoms with Crippen LogP contribution in [0.5, 0.6) is 0 Å². The van der Waals surface area contributed by atoms with Gasteiger partial charge in [0.15, 0.2) is 0 Å². The van der Waals surface area contributed by atoms with E-state index in [0.717, 1.165) is 12.8 Å². The lowest BCUT2D eigenvalue weighted by atomic mass is 9.95. The number of allylic oxidation sites excluding steroid dienone is 6. The molecule has 0 nitrogen and oxygen atoms in total. The molecule has 1 aliphatic heterocycles. The van der Waals surface area contributed by atoms with E-state index >= 15 is 0 Å². The van der Waals surface area contributed by atoms with E-state index in [0.29, 0.717) is 5.92 Å². The first-order valence-electron chi connectivity index (χ1n) is 6.72. The zero-order valence-corrected chi connectivity index (χ0v) is 11.8. The topological polar surface area (TPSA) is 0 Å². The van der Waals surface area contributed by atoms with Gasteiger partial charge in [-0.2, -0.15) is 0 Å². The lowest BCUT2D eigenvalue weighted by Crippen LogP contribution is -1.94. The maximum atomic E-state index is 2.46. The fourth-order valence-corrected chi connectivity index (χ4v) is 3.99. The fourth-order valence-electron chi connectivity index (χ4n) is 2.71. The predicted molar refractivity (Wildman–Crippen MR) is 81.2 cm³/mol. The van der Waals surface area contributed by atoms with Crippen LogP contribution in [0.3, 0.4) is 0 Å². The first-order chi connectivity index (χ1) is 8.83. The third kappa shape index (κ3) is 1.87. The van der Waals surface area contributed by atoms with Crippen molar-refractivity contribution in [2.75, 3.05) is 0 Å². The molecule has 1 atom stereocenters. The molecule has 1 unspecified atom stereocenters. The maximum absolute atomic E-state index is 2.46. The molecule has 0 saturated carbocycles. The highest BCUT2D eigenvalue weighted by atomic mass is 32.2. The number of hydrogen-bond donors (Lipinski definition) is 0. The van der Waals surface area contributed by atoms with E-state index in [4.69, 9.17) is 0 Å². The van der Waals surface area contributed by atoms with E-state index in [2.05, 4.69) is 56.3 Å². The Morgan fingerprint density at radius 1 is 1.06 bits per heavy atom. The van der Waals surface area contributed by atoms with Crippen molar-refractivity contribution in [3.05, 3.63) is 63.4 Å². The number of rotatable bonds is 3. The van der Waals surface area contributed by atoms with Gasteiger partial charge in [0.25, 0.3) is 0 Å². The lowest BCUT2D eigenvalue weighted by Gasteiger charge is -2.10. The highest BCUT2D eigenvalue weighted by molar-refractivity contribution is 8.07. The second kappa shape index (κ2) is 4.81. The van der Waals surface area contributed by atoms with E-state index < -0.39 is 0 Å². The molecule has 1 heterocycles. The van der Waals surface area contributed by atoms with Gasteiger partial charge in [0.05, 0.1) is 0 Å². The smallest absolute Gasteiger partial charge is 0.0352 e. The molecule has 0 N–H and O–H groups in total. The van der Waals surface area contributed by atoms with Crippen LogP contribution in [0.25, 0.3) is 5.57 Å². The van der Waals surface area contributed by atoms with Crippen LogP contribution < -0.4 is 0 Å². The average molecular weight is 254 g/mol. The highest BCUT2D eigenvalue weighted by Crippen LogP contribution is 2.53. The van der Waals surface area contributed by atoms with Crippen LogP contribution in [0, 0.1) is 5.92 Å². The monoisotopic (exact) mass is 254 g/mol. The van der Waals surface area contributed by atoms with Gasteiger partial charge in [-0.3, -0.25) is 0 Å². The Labute approximate surface area is 113 Å². The number of hydrogen-bond acceptors (Lipinski definition) is 1. The summed E-state index contributed by atoms with van der Waals surface area (Å²) in [5.74, 6) is 0.530. The molecule has 0 fully saturated rings. The van der Waals surface area contributed by atoms with Crippen molar-refractivity contribution >= 4 is 17.3 Å². The molecular weight excluding hydrogens is 236 g/mol. The molecule has 0 saturated heterocycles. The molecule has 0 aromatic heterocycles. The van der Waals surface area contributed by atoms with Gasteiger partial charge in [0, 0.05) is 10.8 Å². The summed E-state index contributed by atoms with van der Waals surface area (Å²) in [5.41, 5.74) is 4.39. The van der Waals surface area contributed by atoms with Gasteiger partial charge in [0.2, 0.25) is 0 Å². The summed E-state index contributed by atoms with van der Waals surface area (Å²) < 4.78 is 0. The normalized spacial score (nSPS) is 22.0. The molecule has 1 aromatic rings. The highest BCUT2D eigenvalue weighted by Gasteiger charge is 2.31. The van der Waals surface area contributed by atoms with Gasteiger partial charge in [-0.05, 0) is 34.5 Å². The van der Waals surface area contributed by atoms with Gasteiger partial charge >= 0.3 is 0 Å². The van der Waals surface area contributed by atoms with Gasteiger partial charge in [-0.1, -0.05) is 68.1 Å². The summed E-state index contributed by atoms with van der Waals surface area (Å²) in [4.78, 5) is 3.11. The minimum atomic E-state index is 0.530. The molecule has 2 aliphatic rings. The molecule has 18 heavy (non-hydrogen) atoms. The standard InChI is InChI=1S/C17H18S/c1-3-12-10-15(13-8-6-5-7-9-13)16-11-14(4-2)18-17(12)16/h5-11,16H,3-4H2,1-2H3. The molecule has 0 amide bonds. The van der Waals surface area contributed by atoms with E-state index in [1.54, 1.807) is 4.91 Å². The summed E-state index contributed by atoms with van der Waals surface area (Å²) in [6, 6.07) is 10.8. The first-order valence-corrected chi connectivity index (χ1v) is 7.53. The first kappa shape index (κ1) is 11.9. The van der Waals surface area contributed by atoms with E-state index in [1.165, 1.54) is 21.6 Å². The third-order valence-corrected chi connectivity index (χ3v) is 5.12. The van der Waals surface area contributed by atoms with Crippen LogP contribution in [0.1, 0.15) is 32.3 Å².